The first-order chi connectivity index (χ1) is 8.70. The van der Waals surface area contributed by atoms with Crippen LogP contribution in [-0.4, -0.2) is 41.6 Å². The Balaban J connectivity index is 2.23. The summed E-state index contributed by atoms with van der Waals surface area (Å²) in [7, 11) is 0. The van der Waals surface area contributed by atoms with Gasteiger partial charge in [0.25, 0.3) is 0 Å². The molecule has 0 spiro atoms. The Morgan fingerprint density at radius 2 is 2.00 bits per heavy atom. The van der Waals surface area contributed by atoms with Crippen LogP contribution < -0.4 is 5.32 Å². The van der Waals surface area contributed by atoms with Crippen LogP contribution in [0.2, 0.25) is 0 Å². The summed E-state index contributed by atoms with van der Waals surface area (Å²) < 4.78 is 0. The van der Waals surface area contributed by atoms with Gasteiger partial charge in [0.05, 0.1) is 12.2 Å². The molecule has 106 valence electrons. The highest BCUT2D eigenvalue weighted by atomic mass is 32.2. The van der Waals surface area contributed by atoms with Crippen LogP contribution in [0.3, 0.4) is 0 Å². The highest BCUT2D eigenvalue weighted by Crippen LogP contribution is 2.16. The molecule has 2 atom stereocenters. The smallest absolute Gasteiger partial charge is 0.240 e. The van der Waals surface area contributed by atoms with Gasteiger partial charge in [-0.3, -0.25) is 10.1 Å². The second-order valence-electron chi connectivity index (χ2n) is 5.13. The van der Waals surface area contributed by atoms with Crippen LogP contribution in [-0.2, 0) is 4.79 Å². The van der Waals surface area contributed by atoms with Gasteiger partial charge in [-0.05, 0) is 38.2 Å². The normalized spacial score (nSPS) is 23.9. The predicted octanol–water partition coefficient (Wildman–Crippen LogP) is 2.86. The van der Waals surface area contributed by atoms with E-state index in [1.165, 1.54) is 25.0 Å². The van der Waals surface area contributed by atoms with Gasteiger partial charge in [-0.2, -0.15) is 11.8 Å². The number of unbranched alkanes of at least 4 members (excludes halogenated alkanes) is 3. The van der Waals surface area contributed by atoms with Crippen molar-refractivity contribution in [3.8, 4) is 0 Å². The minimum atomic E-state index is 0.0121. The van der Waals surface area contributed by atoms with Crippen molar-refractivity contribution in [3.05, 3.63) is 0 Å². The summed E-state index contributed by atoms with van der Waals surface area (Å²) in [6.07, 6.45) is 9.64. The fourth-order valence-corrected chi connectivity index (χ4v) is 3.01. The Morgan fingerprint density at radius 3 is 2.67 bits per heavy atom. The van der Waals surface area contributed by atoms with E-state index >= 15 is 0 Å². The number of hydrogen-bond donors (Lipinski definition) is 1. The average Bonchev–Trinajstić information content (AvgIpc) is 2.61. The number of nitrogens with one attached hydrogen (secondary N) is 1. The summed E-state index contributed by atoms with van der Waals surface area (Å²) in [5.74, 6) is 1.55. The molecule has 1 aliphatic heterocycles. The van der Waals surface area contributed by atoms with E-state index in [4.69, 9.17) is 0 Å². The average molecular weight is 272 g/mol. The summed E-state index contributed by atoms with van der Waals surface area (Å²) in [6.45, 7) is 5.08. The summed E-state index contributed by atoms with van der Waals surface area (Å²) >= 11 is 1.92. The van der Waals surface area contributed by atoms with Gasteiger partial charge >= 0.3 is 0 Å². The Morgan fingerprint density at radius 1 is 1.28 bits per heavy atom. The van der Waals surface area contributed by atoms with Crippen LogP contribution in [0.1, 0.15) is 52.4 Å². The molecule has 0 aromatic rings. The van der Waals surface area contributed by atoms with Gasteiger partial charge in [-0.1, -0.05) is 26.2 Å². The third-order valence-electron chi connectivity index (χ3n) is 3.53. The fraction of sp³-hybridized carbons (Fsp3) is 0.929. The zero-order chi connectivity index (χ0) is 13.4. The fourth-order valence-electron chi connectivity index (χ4n) is 2.51. The largest absolute Gasteiger partial charge is 0.326 e. The summed E-state index contributed by atoms with van der Waals surface area (Å²) in [5.41, 5.74) is 0. The molecule has 1 rings (SSSR count). The van der Waals surface area contributed by atoms with E-state index in [0.29, 0.717) is 0 Å². The molecule has 0 saturated carbocycles. The highest BCUT2D eigenvalue weighted by molar-refractivity contribution is 7.98. The number of hydrogen-bond acceptors (Lipinski definition) is 3. The maximum absolute atomic E-state index is 12.0. The molecule has 1 fully saturated rings. The lowest BCUT2D eigenvalue weighted by Crippen LogP contribution is -2.37. The van der Waals surface area contributed by atoms with Gasteiger partial charge in [0.2, 0.25) is 5.91 Å². The first kappa shape index (κ1) is 15.8. The number of carbonyl (C=O) groups excluding carboxylic acids is 1. The number of rotatable bonds is 9. The van der Waals surface area contributed by atoms with Gasteiger partial charge in [0.15, 0.2) is 0 Å². The molecule has 0 aromatic carbocycles. The van der Waals surface area contributed by atoms with Gasteiger partial charge in [0.1, 0.15) is 0 Å². The van der Waals surface area contributed by atoms with E-state index in [9.17, 15) is 4.79 Å². The SMILES string of the molecule is CCCC1NC(C)C(=O)N1CCCCCCSC. The van der Waals surface area contributed by atoms with Gasteiger partial charge in [-0.25, -0.2) is 0 Å². The number of nitrogens with zero attached hydrogens (tertiary/aromatic N) is 1. The first-order valence-corrected chi connectivity index (χ1v) is 8.65. The summed E-state index contributed by atoms with van der Waals surface area (Å²) in [6, 6.07) is 0.0121. The van der Waals surface area contributed by atoms with Crippen LogP contribution >= 0.6 is 11.8 Å². The molecule has 0 radical (unpaired) electrons. The highest BCUT2D eigenvalue weighted by Gasteiger charge is 2.34. The maximum atomic E-state index is 12.0. The maximum Gasteiger partial charge on any atom is 0.240 e. The van der Waals surface area contributed by atoms with E-state index in [1.807, 2.05) is 18.7 Å². The standard InChI is InChI=1S/C14H28N2OS/c1-4-9-13-15-12(2)14(17)16(13)10-7-5-6-8-11-18-3/h12-13,15H,4-11H2,1-3H3. The van der Waals surface area contributed by atoms with Crippen molar-refractivity contribution < 1.29 is 4.79 Å². The molecule has 1 heterocycles. The predicted molar refractivity (Wildman–Crippen MR) is 79.9 cm³/mol. The molecule has 18 heavy (non-hydrogen) atoms. The third-order valence-corrected chi connectivity index (χ3v) is 4.23. The molecule has 1 saturated heterocycles. The molecule has 4 heteroatoms. The molecule has 1 N–H and O–H groups in total. The van der Waals surface area contributed by atoms with Gasteiger partial charge in [0, 0.05) is 6.54 Å². The summed E-state index contributed by atoms with van der Waals surface area (Å²) in [4.78, 5) is 14.1. The molecule has 0 bridgehead atoms. The van der Waals surface area contributed by atoms with E-state index in [1.54, 1.807) is 0 Å². The van der Waals surface area contributed by atoms with Crippen LogP contribution in [0.15, 0.2) is 0 Å². The molecule has 0 aliphatic carbocycles. The van der Waals surface area contributed by atoms with Crippen molar-refractivity contribution in [2.45, 2.75) is 64.6 Å². The van der Waals surface area contributed by atoms with Crippen molar-refractivity contribution >= 4 is 17.7 Å². The molecule has 2 unspecified atom stereocenters. The van der Waals surface area contributed by atoms with Crippen molar-refractivity contribution in [3.63, 3.8) is 0 Å². The topological polar surface area (TPSA) is 32.3 Å². The molecule has 3 nitrogen and oxygen atoms in total. The monoisotopic (exact) mass is 272 g/mol. The summed E-state index contributed by atoms with van der Waals surface area (Å²) in [5, 5.41) is 3.39. The minimum absolute atomic E-state index is 0.0121. The molecular weight excluding hydrogens is 244 g/mol. The van der Waals surface area contributed by atoms with E-state index < -0.39 is 0 Å². The molecule has 1 amide bonds. The van der Waals surface area contributed by atoms with Crippen LogP contribution in [0.5, 0.6) is 0 Å². The second-order valence-corrected chi connectivity index (χ2v) is 6.12. The molecular formula is C14H28N2OS. The Hall–Kier alpha value is -0.220. The lowest BCUT2D eigenvalue weighted by Gasteiger charge is -2.23. The molecule has 1 aliphatic rings. The van der Waals surface area contributed by atoms with Crippen molar-refractivity contribution in [1.82, 2.24) is 10.2 Å². The van der Waals surface area contributed by atoms with Crippen molar-refractivity contribution in [1.29, 1.82) is 0 Å². The zero-order valence-electron chi connectivity index (χ0n) is 12.1. The zero-order valence-corrected chi connectivity index (χ0v) is 12.9. The third kappa shape index (κ3) is 4.81. The Kier molecular flexibility index (Phi) is 7.75. The van der Waals surface area contributed by atoms with Crippen LogP contribution in [0, 0.1) is 0 Å². The van der Waals surface area contributed by atoms with E-state index in [2.05, 4.69) is 23.4 Å². The molecule has 0 aromatic heterocycles. The Labute approximate surface area is 116 Å². The second kappa shape index (κ2) is 8.81. The minimum Gasteiger partial charge on any atom is -0.326 e. The number of thioether (sulfide) groups is 1. The number of amides is 1. The van der Waals surface area contributed by atoms with Crippen molar-refractivity contribution in [2.75, 3.05) is 18.6 Å². The van der Waals surface area contributed by atoms with Gasteiger partial charge in [-0.15, -0.1) is 0 Å². The lowest BCUT2D eigenvalue weighted by atomic mass is 10.2. The van der Waals surface area contributed by atoms with E-state index in [-0.39, 0.29) is 18.1 Å². The van der Waals surface area contributed by atoms with Gasteiger partial charge < -0.3 is 4.90 Å². The quantitative estimate of drug-likeness (QED) is 0.655. The first-order valence-electron chi connectivity index (χ1n) is 7.26. The van der Waals surface area contributed by atoms with Crippen molar-refractivity contribution in [2.24, 2.45) is 0 Å². The lowest BCUT2D eigenvalue weighted by molar-refractivity contribution is -0.129. The number of carbonyl (C=O) groups is 1. The van der Waals surface area contributed by atoms with Crippen LogP contribution in [0.25, 0.3) is 0 Å². The Bertz CT molecular complexity index is 248. The van der Waals surface area contributed by atoms with E-state index in [0.717, 1.165) is 25.8 Å². The van der Waals surface area contributed by atoms with Crippen LogP contribution in [0.4, 0.5) is 0 Å².